The molecule has 0 heterocycles. The fourth-order valence-electron chi connectivity index (χ4n) is 2.33. The summed E-state index contributed by atoms with van der Waals surface area (Å²) in [7, 11) is 1.60. The van der Waals surface area contributed by atoms with Crippen LogP contribution in [0.5, 0.6) is 5.75 Å². The van der Waals surface area contributed by atoms with Gasteiger partial charge in [0.15, 0.2) is 6.10 Å². The van der Waals surface area contributed by atoms with Crippen LogP contribution in [-0.2, 0) is 16.1 Å². The third kappa shape index (κ3) is 4.83. The molecule has 132 valence electrons. The SMILES string of the molecule is COc1ccc(CNC(=O)[C@@H](C)OC(=O)c2cccc(C)c2C)cc1. The second-order valence-electron chi connectivity index (χ2n) is 5.86. The Hall–Kier alpha value is -2.82. The fraction of sp³-hybridized carbons (Fsp3) is 0.300. The number of benzene rings is 2. The summed E-state index contributed by atoms with van der Waals surface area (Å²) in [6, 6.07) is 12.8. The first-order valence-electron chi connectivity index (χ1n) is 8.10. The number of hydrogen-bond acceptors (Lipinski definition) is 4. The minimum atomic E-state index is -0.870. The number of nitrogens with one attached hydrogen (secondary N) is 1. The number of carbonyl (C=O) groups excluding carboxylic acids is 2. The quantitative estimate of drug-likeness (QED) is 0.820. The molecule has 0 saturated heterocycles. The second-order valence-corrected chi connectivity index (χ2v) is 5.86. The van der Waals surface area contributed by atoms with Crippen LogP contribution in [0.25, 0.3) is 0 Å². The Balaban J connectivity index is 1.91. The normalized spacial score (nSPS) is 11.5. The van der Waals surface area contributed by atoms with Gasteiger partial charge in [0, 0.05) is 6.54 Å². The van der Waals surface area contributed by atoms with Gasteiger partial charge in [0.25, 0.3) is 5.91 Å². The highest BCUT2D eigenvalue weighted by Gasteiger charge is 2.20. The molecule has 0 unspecified atom stereocenters. The van der Waals surface area contributed by atoms with Crippen molar-refractivity contribution in [1.29, 1.82) is 0 Å². The predicted molar refractivity (Wildman–Crippen MR) is 95.6 cm³/mol. The summed E-state index contributed by atoms with van der Waals surface area (Å²) in [6.07, 6.45) is -0.870. The van der Waals surface area contributed by atoms with E-state index in [1.54, 1.807) is 26.2 Å². The Morgan fingerprint density at radius 1 is 1.08 bits per heavy atom. The van der Waals surface area contributed by atoms with E-state index < -0.39 is 12.1 Å². The zero-order valence-electron chi connectivity index (χ0n) is 15.0. The lowest BCUT2D eigenvalue weighted by Gasteiger charge is -2.15. The van der Waals surface area contributed by atoms with E-state index in [2.05, 4.69) is 5.32 Å². The molecule has 0 saturated carbocycles. The number of aryl methyl sites for hydroxylation is 1. The number of ether oxygens (including phenoxy) is 2. The number of amides is 1. The Kier molecular flexibility index (Phi) is 6.17. The van der Waals surface area contributed by atoms with Crippen LogP contribution in [0.4, 0.5) is 0 Å². The van der Waals surface area contributed by atoms with Gasteiger partial charge in [-0.15, -0.1) is 0 Å². The maximum Gasteiger partial charge on any atom is 0.339 e. The van der Waals surface area contributed by atoms with Gasteiger partial charge in [-0.1, -0.05) is 24.3 Å². The Morgan fingerprint density at radius 3 is 2.40 bits per heavy atom. The van der Waals surface area contributed by atoms with Crippen molar-refractivity contribution < 1.29 is 19.1 Å². The lowest BCUT2D eigenvalue weighted by molar-refractivity contribution is -0.129. The number of rotatable bonds is 6. The predicted octanol–water partition coefficient (Wildman–Crippen LogP) is 3.17. The zero-order valence-corrected chi connectivity index (χ0v) is 15.0. The average molecular weight is 341 g/mol. The van der Waals surface area contributed by atoms with Crippen LogP contribution in [0.15, 0.2) is 42.5 Å². The van der Waals surface area contributed by atoms with E-state index in [9.17, 15) is 9.59 Å². The van der Waals surface area contributed by atoms with Crippen LogP contribution in [-0.4, -0.2) is 25.1 Å². The van der Waals surface area contributed by atoms with E-state index in [4.69, 9.17) is 9.47 Å². The molecule has 25 heavy (non-hydrogen) atoms. The van der Waals surface area contributed by atoms with Gasteiger partial charge in [0.05, 0.1) is 12.7 Å². The zero-order chi connectivity index (χ0) is 18.4. The molecule has 2 aromatic rings. The minimum Gasteiger partial charge on any atom is -0.497 e. The van der Waals surface area contributed by atoms with Crippen molar-refractivity contribution in [1.82, 2.24) is 5.32 Å². The van der Waals surface area contributed by atoms with E-state index in [0.717, 1.165) is 22.4 Å². The van der Waals surface area contributed by atoms with E-state index in [0.29, 0.717) is 12.1 Å². The first kappa shape index (κ1) is 18.5. The van der Waals surface area contributed by atoms with E-state index in [-0.39, 0.29) is 5.91 Å². The van der Waals surface area contributed by atoms with E-state index in [1.807, 2.05) is 44.2 Å². The summed E-state index contributed by atoms with van der Waals surface area (Å²) in [5.41, 5.74) is 3.28. The maximum atomic E-state index is 12.3. The molecule has 0 aliphatic heterocycles. The van der Waals surface area contributed by atoms with Gasteiger partial charge in [-0.05, 0) is 55.7 Å². The Bertz CT molecular complexity index is 753. The van der Waals surface area contributed by atoms with Gasteiger partial charge in [-0.3, -0.25) is 4.79 Å². The van der Waals surface area contributed by atoms with Crippen molar-refractivity contribution in [3.8, 4) is 5.75 Å². The monoisotopic (exact) mass is 341 g/mol. The molecule has 5 nitrogen and oxygen atoms in total. The molecule has 0 spiro atoms. The van der Waals surface area contributed by atoms with Gasteiger partial charge >= 0.3 is 5.97 Å². The van der Waals surface area contributed by atoms with Crippen molar-refractivity contribution in [2.75, 3.05) is 7.11 Å². The molecule has 1 N–H and O–H groups in total. The molecule has 0 bridgehead atoms. The van der Waals surface area contributed by atoms with Gasteiger partial charge in [0.1, 0.15) is 5.75 Å². The van der Waals surface area contributed by atoms with Crippen LogP contribution >= 0.6 is 0 Å². The Labute approximate surface area is 148 Å². The van der Waals surface area contributed by atoms with Crippen molar-refractivity contribution in [3.63, 3.8) is 0 Å². The number of carbonyl (C=O) groups is 2. The topological polar surface area (TPSA) is 64.6 Å². The van der Waals surface area contributed by atoms with Crippen molar-refractivity contribution in [2.24, 2.45) is 0 Å². The van der Waals surface area contributed by atoms with Gasteiger partial charge in [-0.2, -0.15) is 0 Å². The third-order valence-electron chi connectivity index (χ3n) is 4.10. The highest BCUT2D eigenvalue weighted by Crippen LogP contribution is 2.15. The molecule has 1 atom stereocenters. The summed E-state index contributed by atoms with van der Waals surface area (Å²) < 4.78 is 10.4. The van der Waals surface area contributed by atoms with E-state index >= 15 is 0 Å². The molecule has 1 amide bonds. The highest BCUT2D eigenvalue weighted by molar-refractivity contribution is 5.93. The molecular formula is C20H23NO4. The molecule has 2 rings (SSSR count). The van der Waals surface area contributed by atoms with Crippen LogP contribution in [0.1, 0.15) is 34.0 Å². The molecule has 2 aromatic carbocycles. The standard InChI is InChI=1S/C20H23NO4/c1-13-6-5-7-18(14(13)2)20(23)25-15(3)19(22)21-12-16-8-10-17(24-4)11-9-16/h5-11,15H,12H2,1-4H3,(H,21,22)/t15-/m1/s1. The smallest absolute Gasteiger partial charge is 0.339 e. The van der Waals surface area contributed by atoms with E-state index in [1.165, 1.54) is 0 Å². The fourth-order valence-corrected chi connectivity index (χ4v) is 2.33. The summed E-state index contributed by atoms with van der Waals surface area (Å²) in [5, 5.41) is 2.76. The van der Waals surface area contributed by atoms with Gasteiger partial charge < -0.3 is 14.8 Å². The van der Waals surface area contributed by atoms with Gasteiger partial charge in [0.2, 0.25) is 0 Å². The van der Waals surface area contributed by atoms with Crippen LogP contribution in [0, 0.1) is 13.8 Å². The average Bonchev–Trinajstić information content (AvgIpc) is 2.62. The van der Waals surface area contributed by atoms with Crippen molar-refractivity contribution in [3.05, 3.63) is 64.7 Å². The molecule has 0 aliphatic rings. The van der Waals surface area contributed by atoms with Crippen LogP contribution in [0.2, 0.25) is 0 Å². The molecule has 0 aromatic heterocycles. The lowest BCUT2D eigenvalue weighted by atomic mass is 10.0. The maximum absolute atomic E-state index is 12.3. The molecular weight excluding hydrogens is 318 g/mol. The molecule has 0 radical (unpaired) electrons. The summed E-state index contributed by atoms with van der Waals surface area (Å²) in [6.45, 7) is 5.71. The first-order valence-corrected chi connectivity index (χ1v) is 8.10. The first-order chi connectivity index (χ1) is 11.9. The van der Waals surface area contributed by atoms with Crippen molar-refractivity contribution >= 4 is 11.9 Å². The third-order valence-corrected chi connectivity index (χ3v) is 4.10. The van der Waals surface area contributed by atoms with Gasteiger partial charge in [-0.25, -0.2) is 4.79 Å². The molecule has 5 heteroatoms. The molecule has 0 fully saturated rings. The van der Waals surface area contributed by atoms with Crippen LogP contribution < -0.4 is 10.1 Å². The largest absolute Gasteiger partial charge is 0.497 e. The van der Waals surface area contributed by atoms with Crippen LogP contribution in [0.3, 0.4) is 0 Å². The Morgan fingerprint density at radius 2 is 1.76 bits per heavy atom. The minimum absolute atomic E-state index is 0.338. The summed E-state index contributed by atoms with van der Waals surface area (Å²) >= 11 is 0. The number of hydrogen-bond donors (Lipinski definition) is 1. The van der Waals surface area contributed by atoms with Crippen molar-refractivity contribution in [2.45, 2.75) is 33.4 Å². The highest BCUT2D eigenvalue weighted by atomic mass is 16.5. The number of esters is 1. The summed E-state index contributed by atoms with van der Waals surface area (Å²) in [4.78, 5) is 24.4. The summed E-state index contributed by atoms with van der Waals surface area (Å²) in [5.74, 6) is -0.0753. The molecule has 0 aliphatic carbocycles. The second kappa shape index (κ2) is 8.33. The number of methoxy groups -OCH3 is 1. The lowest BCUT2D eigenvalue weighted by Crippen LogP contribution is -2.35.